The lowest BCUT2D eigenvalue weighted by atomic mass is 9.70. The number of ketones is 1. The van der Waals surface area contributed by atoms with Crippen molar-refractivity contribution in [1.29, 1.82) is 0 Å². The van der Waals surface area contributed by atoms with Gasteiger partial charge in [-0.25, -0.2) is 0 Å². The predicted molar refractivity (Wildman–Crippen MR) is 88.4 cm³/mol. The average molecular weight is 283 g/mol. The SMILES string of the molecule is CN(C)c1ccc(/C=C2/C(=O)[C@@]3(C)CC[C@H]2C3(C)C)cc1. The zero-order valence-electron chi connectivity index (χ0n) is 13.7. The Morgan fingerprint density at radius 1 is 1.14 bits per heavy atom. The number of hydrogen-bond acceptors (Lipinski definition) is 2. The highest BCUT2D eigenvalue weighted by Crippen LogP contribution is 2.65. The van der Waals surface area contributed by atoms with Gasteiger partial charge in [-0.05, 0) is 53.5 Å². The van der Waals surface area contributed by atoms with Crippen molar-refractivity contribution in [3.8, 4) is 0 Å². The van der Waals surface area contributed by atoms with Gasteiger partial charge in [-0.15, -0.1) is 0 Å². The van der Waals surface area contributed by atoms with Gasteiger partial charge >= 0.3 is 0 Å². The van der Waals surface area contributed by atoms with Gasteiger partial charge in [-0.1, -0.05) is 32.9 Å². The molecule has 0 aromatic heterocycles. The summed E-state index contributed by atoms with van der Waals surface area (Å²) in [6.07, 6.45) is 4.32. The van der Waals surface area contributed by atoms with Gasteiger partial charge in [-0.3, -0.25) is 4.79 Å². The van der Waals surface area contributed by atoms with E-state index >= 15 is 0 Å². The summed E-state index contributed by atoms with van der Waals surface area (Å²) in [5.41, 5.74) is 3.30. The summed E-state index contributed by atoms with van der Waals surface area (Å²) in [6, 6.07) is 8.43. The minimum absolute atomic E-state index is 0.0967. The second-order valence-corrected chi connectivity index (χ2v) is 7.56. The van der Waals surface area contributed by atoms with Crippen molar-refractivity contribution in [1.82, 2.24) is 0 Å². The Hall–Kier alpha value is -1.57. The number of rotatable bonds is 2. The van der Waals surface area contributed by atoms with Crippen LogP contribution in [0.25, 0.3) is 6.08 Å². The molecule has 112 valence electrons. The fourth-order valence-corrected chi connectivity index (χ4v) is 4.14. The van der Waals surface area contributed by atoms with Crippen molar-refractivity contribution in [3.63, 3.8) is 0 Å². The van der Waals surface area contributed by atoms with Crippen LogP contribution < -0.4 is 4.90 Å². The molecule has 2 aliphatic rings. The van der Waals surface area contributed by atoms with Crippen LogP contribution in [-0.2, 0) is 4.79 Å². The number of carbonyl (C=O) groups is 1. The van der Waals surface area contributed by atoms with Crippen LogP contribution in [0.5, 0.6) is 0 Å². The second kappa shape index (κ2) is 4.46. The third-order valence-corrected chi connectivity index (χ3v) is 6.10. The first-order valence-electron chi connectivity index (χ1n) is 7.81. The molecule has 2 heteroatoms. The highest BCUT2D eigenvalue weighted by atomic mass is 16.1. The van der Waals surface area contributed by atoms with Crippen molar-refractivity contribution in [2.75, 3.05) is 19.0 Å². The van der Waals surface area contributed by atoms with Gasteiger partial charge in [-0.2, -0.15) is 0 Å². The van der Waals surface area contributed by atoms with Crippen molar-refractivity contribution in [2.24, 2.45) is 16.7 Å². The Kier molecular flexibility index (Phi) is 3.05. The number of fused-ring (bicyclic) bond motifs is 2. The number of benzene rings is 1. The number of Topliss-reactive ketones (excluding diaryl/α,β-unsaturated/α-hetero) is 1. The molecule has 0 unspecified atom stereocenters. The van der Waals surface area contributed by atoms with E-state index in [-0.39, 0.29) is 10.8 Å². The number of nitrogens with zero attached hydrogens (tertiary/aromatic N) is 1. The van der Waals surface area contributed by atoms with E-state index in [9.17, 15) is 4.79 Å². The van der Waals surface area contributed by atoms with Crippen LogP contribution in [0.3, 0.4) is 0 Å². The lowest BCUT2D eigenvalue weighted by Gasteiger charge is -2.31. The molecule has 0 aliphatic heterocycles. The van der Waals surface area contributed by atoms with E-state index < -0.39 is 0 Å². The smallest absolute Gasteiger partial charge is 0.165 e. The van der Waals surface area contributed by atoms with E-state index in [4.69, 9.17) is 0 Å². The zero-order valence-corrected chi connectivity index (χ0v) is 13.7. The van der Waals surface area contributed by atoms with E-state index in [1.54, 1.807) is 0 Å². The molecule has 2 bridgehead atoms. The fourth-order valence-electron chi connectivity index (χ4n) is 4.14. The van der Waals surface area contributed by atoms with E-state index in [2.05, 4.69) is 56.0 Å². The summed E-state index contributed by atoms with van der Waals surface area (Å²) >= 11 is 0. The molecule has 1 aromatic carbocycles. The van der Waals surface area contributed by atoms with Gasteiger partial charge in [0.2, 0.25) is 0 Å². The summed E-state index contributed by atoms with van der Waals surface area (Å²) in [5, 5.41) is 0. The van der Waals surface area contributed by atoms with Crippen molar-refractivity contribution >= 4 is 17.5 Å². The maximum atomic E-state index is 12.8. The Morgan fingerprint density at radius 3 is 2.24 bits per heavy atom. The van der Waals surface area contributed by atoms with Crippen molar-refractivity contribution in [2.45, 2.75) is 33.6 Å². The normalized spacial score (nSPS) is 32.0. The predicted octanol–water partition coefficient (Wildman–Crippen LogP) is 4.16. The largest absolute Gasteiger partial charge is 0.378 e. The molecule has 21 heavy (non-hydrogen) atoms. The minimum atomic E-state index is -0.160. The summed E-state index contributed by atoms with van der Waals surface area (Å²) in [7, 11) is 4.08. The van der Waals surface area contributed by atoms with Crippen LogP contribution in [0.1, 0.15) is 39.2 Å². The van der Waals surface area contributed by atoms with Gasteiger partial charge in [0.15, 0.2) is 5.78 Å². The quantitative estimate of drug-likeness (QED) is 0.760. The maximum Gasteiger partial charge on any atom is 0.165 e. The lowest BCUT2D eigenvalue weighted by Crippen LogP contribution is -2.32. The summed E-state index contributed by atoms with van der Waals surface area (Å²) in [4.78, 5) is 14.9. The van der Waals surface area contributed by atoms with Crippen molar-refractivity contribution in [3.05, 3.63) is 35.4 Å². The minimum Gasteiger partial charge on any atom is -0.378 e. The molecule has 0 spiro atoms. The molecule has 2 fully saturated rings. The third kappa shape index (κ3) is 1.88. The van der Waals surface area contributed by atoms with Gasteiger partial charge in [0.25, 0.3) is 0 Å². The highest BCUT2D eigenvalue weighted by Gasteiger charge is 2.63. The molecular weight excluding hydrogens is 258 g/mol. The Balaban J connectivity index is 1.96. The van der Waals surface area contributed by atoms with Gasteiger partial charge in [0.05, 0.1) is 0 Å². The number of hydrogen-bond donors (Lipinski definition) is 0. The molecular formula is C19H25NO. The number of allylic oxidation sites excluding steroid dienone is 1. The first-order valence-corrected chi connectivity index (χ1v) is 7.81. The molecule has 0 heterocycles. The molecule has 2 aliphatic carbocycles. The lowest BCUT2D eigenvalue weighted by molar-refractivity contribution is -0.125. The van der Waals surface area contributed by atoms with E-state index in [1.165, 1.54) is 5.69 Å². The Labute approximate surface area is 127 Å². The molecule has 3 rings (SSSR count). The Bertz CT molecular complexity index is 609. The molecule has 2 saturated carbocycles. The molecule has 0 saturated heterocycles. The number of anilines is 1. The van der Waals surface area contributed by atoms with Crippen LogP contribution in [0.4, 0.5) is 5.69 Å². The summed E-state index contributed by atoms with van der Waals surface area (Å²) < 4.78 is 0. The van der Waals surface area contributed by atoms with Crippen LogP contribution in [-0.4, -0.2) is 19.9 Å². The zero-order chi connectivity index (χ0) is 15.4. The fraction of sp³-hybridized carbons (Fsp3) is 0.526. The van der Waals surface area contributed by atoms with Gasteiger partial charge in [0.1, 0.15) is 0 Å². The molecule has 1 aromatic rings. The van der Waals surface area contributed by atoms with E-state index in [0.717, 1.165) is 24.0 Å². The molecule has 2 atom stereocenters. The summed E-state index contributed by atoms with van der Waals surface area (Å²) in [5.74, 6) is 0.795. The van der Waals surface area contributed by atoms with Crippen LogP contribution in [0.2, 0.25) is 0 Å². The first-order chi connectivity index (χ1) is 9.77. The number of carbonyl (C=O) groups excluding carboxylic acids is 1. The highest BCUT2D eigenvalue weighted by molar-refractivity contribution is 6.07. The molecule has 0 radical (unpaired) electrons. The van der Waals surface area contributed by atoms with Crippen molar-refractivity contribution < 1.29 is 4.79 Å². The van der Waals surface area contributed by atoms with E-state index in [1.807, 2.05) is 14.1 Å². The van der Waals surface area contributed by atoms with Gasteiger partial charge < -0.3 is 4.90 Å². The van der Waals surface area contributed by atoms with Crippen LogP contribution >= 0.6 is 0 Å². The molecule has 0 N–H and O–H groups in total. The van der Waals surface area contributed by atoms with E-state index in [0.29, 0.717) is 11.7 Å². The van der Waals surface area contributed by atoms with Crippen LogP contribution in [0, 0.1) is 16.7 Å². The standard InChI is InChI=1S/C19H25NO/c1-18(2)16-10-11-19(18,3)17(21)15(16)12-13-6-8-14(9-7-13)20(4)5/h6-9,12,16H,10-11H2,1-5H3/b15-12+/t16-,19-/m1/s1. The second-order valence-electron chi connectivity index (χ2n) is 7.56. The van der Waals surface area contributed by atoms with Gasteiger partial charge in [0, 0.05) is 25.2 Å². The molecule has 2 nitrogen and oxygen atoms in total. The maximum absolute atomic E-state index is 12.8. The van der Waals surface area contributed by atoms with Crippen LogP contribution in [0.15, 0.2) is 29.8 Å². The average Bonchev–Trinajstić information content (AvgIpc) is 2.74. The Morgan fingerprint density at radius 2 is 1.76 bits per heavy atom. The third-order valence-electron chi connectivity index (χ3n) is 6.10. The summed E-state index contributed by atoms with van der Waals surface area (Å²) in [6.45, 7) is 6.68. The first kappa shape index (κ1) is 14.4. The monoisotopic (exact) mass is 283 g/mol. The molecule has 0 amide bonds. The topological polar surface area (TPSA) is 20.3 Å².